The molecule has 0 saturated heterocycles. The third kappa shape index (κ3) is 4.74. The second-order valence-electron chi connectivity index (χ2n) is 10.1. The van der Waals surface area contributed by atoms with Gasteiger partial charge in [0.05, 0.1) is 41.5 Å². The highest BCUT2D eigenvalue weighted by Gasteiger charge is 2.41. The summed E-state index contributed by atoms with van der Waals surface area (Å²) >= 11 is 12.7. The van der Waals surface area contributed by atoms with Crippen molar-refractivity contribution in [2.24, 2.45) is 9.98 Å². The number of aliphatic imine (C=N–C) groups is 2. The van der Waals surface area contributed by atoms with E-state index in [4.69, 9.17) is 43.0 Å². The lowest BCUT2D eigenvalue weighted by Gasteiger charge is -2.40. The first kappa shape index (κ1) is 26.9. The monoisotopic (exact) mass is 606 g/mol. The lowest BCUT2D eigenvalue weighted by molar-refractivity contribution is 0.0600. The number of aromatic nitrogens is 2. The van der Waals surface area contributed by atoms with Crippen molar-refractivity contribution in [3.05, 3.63) is 129 Å². The van der Waals surface area contributed by atoms with E-state index < -0.39 is 5.97 Å². The molecule has 1 atom stereocenters. The number of rotatable bonds is 4. The Morgan fingerprint density at radius 3 is 2.30 bits per heavy atom. The molecule has 5 aromatic rings. The van der Waals surface area contributed by atoms with Crippen molar-refractivity contribution in [2.45, 2.75) is 13.0 Å². The van der Waals surface area contributed by atoms with Gasteiger partial charge in [0, 0.05) is 21.3 Å². The molecule has 7 rings (SSSR count). The number of ether oxygens (including phenoxy) is 1. The second kappa shape index (κ2) is 10.7. The number of carbonyl (C=O) groups excluding carboxylic acids is 1. The zero-order valence-electron chi connectivity index (χ0n) is 23.1. The number of anilines is 2. The number of hydrogen-bond acceptors (Lipinski definition) is 7. The SMILES string of the molecule is COC(=O)c1ccc(C2c3c(C)nn(-c4ccccc4)c3N=C3C(Nc4cc(Cl)cc(Cl)c4)=Nc4ccccc4N32)cc1. The van der Waals surface area contributed by atoms with Gasteiger partial charge in [-0.3, -0.25) is 0 Å². The van der Waals surface area contributed by atoms with Crippen molar-refractivity contribution in [1.82, 2.24) is 9.78 Å². The molecule has 10 heteroatoms. The van der Waals surface area contributed by atoms with E-state index in [1.807, 2.05) is 78.3 Å². The van der Waals surface area contributed by atoms with Gasteiger partial charge in [0.1, 0.15) is 0 Å². The van der Waals surface area contributed by atoms with Gasteiger partial charge in [0.25, 0.3) is 0 Å². The number of halogens is 2. The van der Waals surface area contributed by atoms with Crippen LogP contribution in [0.1, 0.15) is 33.2 Å². The number of hydrogen-bond donors (Lipinski definition) is 1. The van der Waals surface area contributed by atoms with Gasteiger partial charge < -0.3 is 15.0 Å². The smallest absolute Gasteiger partial charge is 0.337 e. The molecule has 3 heterocycles. The molecule has 212 valence electrons. The van der Waals surface area contributed by atoms with E-state index in [1.165, 1.54) is 7.11 Å². The van der Waals surface area contributed by atoms with Gasteiger partial charge in [-0.2, -0.15) is 5.10 Å². The Kier molecular flexibility index (Phi) is 6.72. The second-order valence-corrected chi connectivity index (χ2v) is 11.0. The van der Waals surface area contributed by atoms with Crippen molar-refractivity contribution in [3.63, 3.8) is 0 Å². The molecule has 43 heavy (non-hydrogen) atoms. The van der Waals surface area contributed by atoms with Crippen molar-refractivity contribution in [3.8, 4) is 5.69 Å². The van der Waals surface area contributed by atoms with Gasteiger partial charge in [-0.15, -0.1) is 0 Å². The molecule has 0 radical (unpaired) electrons. The first-order valence-electron chi connectivity index (χ1n) is 13.5. The lowest BCUT2D eigenvalue weighted by Crippen LogP contribution is -2.46. The first-order valence-corrected chi connectivity index (χ1v) is 14.3. The number of fused-ring (bicyclic) bond motifs is 4. The fraction of sp³-hybridized carbons (Fsp3) is 0.0909. The summed E-state index contributed by atoms with van der Waals surface area (Å²) in [5.41, 5.74) is 6.40. The van der Waals surface area contributed by atoms with Crippen LogP contribution in [0, 0.1) is 6.92 Å². The van der Waals surface area contributed by atoms with E-state index in [2.05, 4.69) is 10.2 Å². The predicted molar refractivity (Wildman–Crippen MR) is 171 cm³/mol. The topological polar surface area (TPSA) is 84.1 Å². The molecule has 1 N–H and O–H groups in total. The number of nitrogens with zero attached hydrogens (tertiary/aromatic N) is 5. The summed E-state index contributed by atoms with van der Waals surface area (Å²) in [4.78, 5) is 24.7. The Morgan fingerprint density at radius 2 is 1.58 bits per heavy atom. The molecule has 4 aromatic carbocycles. The van der Waals surface area contributed by atoms with E-state index in [0.717, 1.165) is 33.9 Å². The number of nitrogens with one attached hydrogen (secondary N) is 1. The fourth-order valence-electron chi connectivity index (χ4n) is 5.54. The largest absolute Gasteiger partial charge is 0.465 e. The predicted octanol–water partition coefficient (Wildman–Crippen LogP) is 8.07. The normalized spacial score (nSPS) is 15.1. The van der Waals surface area contributed by atoms with Crippen LogP contribution in [0.2, 0.25) is 10.0 Å². The lowest BCUT2D eigenvalue weighted by atomic mass is 9.92. The minimum absolute atomic E-state index is 0.344. The third-order valence-electron chi connectivity index (χ3n) is 7.41. The molecule has 0 amide bonds. The number of esters is 1. The first-order chi connectivity index (χ1) is 20.9. The zero-order chi connectivity index (χ0) is 29.7. The van der Waals surface area contributed by atoms with Gasteiger partial charge in [0.15, 0.2) is 17.5 Å². The molecule has 0 bridgehead atoms. The van der Waals surface area contributed by atoms with Crippen LogP contribution in [0.4, 0.5) is 22.9 Å². The molecule has 2 aliphatic rings. The molecule has 0 saturated carbocycles. The maximum Gasteiger partial charge on any atom is 0.337 e. The van der Waals surface area contributed by atoms with Gasteiger partial charge in [-0.05, 0) is 67.1 Å². The maximum atomic E-state index is 12.3. The highest BCUT2D eigenvalue weighted by atomic mass is 35.5. The molecular formula is C33H24Cl2N6O2. The number of para-hydroxylation sites is 3. The van der Waals surface area contributed by atoms with Gasteiger partial charge in [-0.1, -0.05) is 65.7 Å². The van der Waals surface area contributed by atoms with E-state index in [0.29, 0.717) is 38.8 Å². The van der Waals surface area contributed by atoms with E-state index in [9.17, 15) is 4.79 Å². The zero-order valence-corrected chi connectivity index (χ0v) is 24.6. The number of carbonyl (C=O) groups is 1. The number of aryl methyl sites for hydroxylation is 1. The minimum atomic E-state index is -0.395. The molecule has 1 unspecified atom stereocenters. The molecule has 0 spiro atoms. The summed E-state index contributed by atoms with van der Waals surface area (Å²) in [6, 6.07) is 30.2. The van der Waals surface area contributed by atoms with Crippen LogP contribution in [0.5, 0.6) is 0 Å². The van der Waals surface area contributed by atoms with Crippen molar-refractivity contribution in [1.29, 1.82) is 0 Å². The number of benzene rings is 4. The summed E-state index contributed by atoms with van der Waals surface area (Å²) in [7, 11) is 1.37. The van der Waals surface area contributed by atoms with E-state index in [1.54, 1.807) is 30.3 Å². The Balaban J connectivity index is 1.47. The minimum Gasteiger partial charge on any atom is -0.465 e. The Morgan fingerprint density at radius 1 is 0.884 bits per heavy atom. The van der Waals surface area contributed by atoms with E-state index >= 15 is 0 Å². The van der Waals surface area contributed by atoms with Gasteiger partial charge in [0.2, 0.25) is 0 Å². The van der Waals surface area contributed by atoms with Crippen molar-refractivity contribution in [2.75, 3.05) is 17.3 Å². The molecule has 1 aromatic heterocycles. The average Bonchev–Trinajstić information content (AvgIpc) is 3.35. The summed E-state index contributed by atoms with van der Waals surface area (Å²) in [6.07, 6.45) is 0. The van der Waals surface area contributed by atoms with Crippen molar-refractivity contribution >= 4 is 63.7 Å². The third-order valence-corrected chi connectivity index (χ3v) is 7.85. The highest BCUT2D eigenvalue weighted by Crippen LogP contribution is 2.48. The maximum absolute atomic E-state index is 12.3. The van der Waals surface area contributed by atoms with Crippen LogP contribution >= 0.6 is 23.2 Å². The number of amidine groups is 2. The van der Waals surface area contributed by atoms with Crippen LogP contribution in [0.15, 0.2) is 107 Å². The quantitative estimate of drug-likeness (QED) is 0.209. The van der Waals surface area contributed by atoms with Crippen LogP contribution in [-0.4, -0.2) is 34.5 Å². The number of methoxy groups -OCH3 is 1. The average molecular weight is 608 g/mol. The van der Waals surface area contributed by atoms with Gasteiger partial charge >= 0.3 is 5.97 Å². The molecule has 8 nitrogen and oxygen atoms in total. The fourth-order valence-corrected chi connectivity index (χ4v) is 6.07. The standard InChI is InChI=1S/C33H24Cl2N6O2/c1-19-28-29(20-12-14-21(15-13-20)33(42)43-2)40-27-11-7-6-10-26(27)37-30(36-24-17-22(34)16-23(35)18-24)32(40)38-31(28)41(39-19)25-8-4-3-5-9-25/h3-18,29H,1-2H3,(H,36,37). The Bertz CT molecular complexity index is 1930. The summed E-state index contributed by atoms with van der Waals surface area (Å²) in [5.74, 6) is 1.42. The highest BCUT2D eigenvalue weighted by molar-refractivity contribution is 6.52. The molecular weight excluding hydrogens is 583 g/mol. The Labute approximate surface area is 257 Å². The molecule has 0 aliphatic carbocycles. The Hall–Kier alpha value is -4.92. The van der Waals surface area contributed by atoms with Crippen molar-refractivity contribution < 1.29 is 9.53 Å². The summed E-state index contributed by atoms with van der Waals surface area (Å²) in [6.45, 7) is 1.99. The van der Waals surface area contributed by atoms with Crippen LogP contribution in [-0.2, 0) is 4.74 Å². The molecule has 0 fully saturated rings. The summed E-state index contributed by atoms with van der Waals surface area (Å²) < 4.78 is 6.80. The van der Waals surface area contributed by atoms with Gasteiger partial charge in [-0.25, -0.2) is 19.5 Å². The van der Waals surface area contributed by atoms with Crippen LogP contribution < -0.4 is 10.2 Å². The summed E-state index contributed by atoms with van der Waals surface area (Å²) in [5, 5.41) is 9.37. The molecule has 2 aliphatic heterocycles. The van der Waals surface area contributed by atoms with E-state index in [-0.39, 0.29) is 6.04 Å². The van der Waals surface area contributed by atoms with Crippen LogP contribution in [0.3, 0.4) is 0 Å². The van der Waals surface area contributed by atoms with Crippen LogP contribution in [0.25, 0.3) is 5.69 Å².